The van der Waals surface area contributed by atoms with Gasteiger partial charge in [-0.3, -0.25) is 9.59 Å². The zero-order valence-corrected chi connectivity index (χ0v) is 10.5. The van der Waals surface area contributed by atoms with Crippen LogP contribution in [-0.4, -0.2) is 29.9 Å². The molecule has 0 unspecified atom stereocenters. The van der Waals surface area contributed by atoms with E-state index in [0.29, 0.717) is 24.5 Å². The lowest BCUT2D eigenvalue weighted by Crippen LogP contribution is -2.33. The second kappa shape index (κ2) is 6.77. The van der Waals surface area contributed by atoms with Crippen molar-refractivity contribution < 1.29 is 9.59 Å². The highest BCUT2D eigenvalue weighted by Crippen LogP contribution is 2.18. The number of aromatic nitrogens is 1. The number of pyridine rings is 1. The molecule has 1 aromatic heterocycles. The molecule has 7 nitrogen and oxygen atoms in total. The summed E-state index contributed by atoms with van der Waals surface area (Å²) in [5.74, 6) is 5.00. The number of hydrogen-bond acceptors (Lipinski definition) is 5. The van der Waals surface area contributed by atoms with E-state index >= 15 is 0 Å². The topological polar surface area (TPSA) is 109 Å². The largest absolute Gasteiger partial charge is 0.355 e. The van der Waals surface area contributed by atoms with Gasteiger partial charge >= 0.3 is 0 Å². The normalized spacial score (nSPS) is 9.72. The quantitative estimate of drug-likeness (QED) is 0.339. The van der Waals surface area contributed by atoms with Gasteiger partial charge in [0.25, 0.3) is 5.91 Å². The lowest BCUT2D eigenvalue weighted by Gasteiger charge is -2.07. The molecule has 0 saturated heterocycles. The minimum Gasteiger partial charge on any atom is -0.355 e. The predicted molar refractivity (Wildman–Crippen MR) is 68.1 cm³/mol. The van der Waals surface area contributed by atoms with Crippen molar-refractivity contribution in [2.45, 2.75) is 6.92 Å². The van der Waals surface area contributed by atoms with Crippen LogP contribution in [0.2, 0.25) is 5.02 Å². The number of nitrogens with one attached hydrogen (secondary N) is 3. The van der Waals surface area contributed by atoms with Crippen LogP contribution in [0.5, 0.6) is 0 Å². The van der Waals surface area contributed by atoms with Crippen LogP contribution in [0.15, 0.2) is 12.3 Å². The Bertz CT molecular complexity index is 452. The van der Waals surface area contributed by atoms with E-state index in [2.05, 4.69) is 21.0 Å². The lowest BCUT2D eigenvalue weighted by atomic mass is 10.2. The molecule has 0 radical (unpaired) electrons. The van der Waals surface area contributed by atoms with Crippen LogP contribution in [0.1, 0.15) is 17.3 Å². The van der Waals surface area contributed by atoms with Crippen molar-refractivity contribution in [3.8, 4) is 0 Å². The minimum atomic E-state index is -0.321. The van der Waals surface area contributed by atoms with Crippen molar-refractivity contribution >= 4 is 29.2 Å². The number of anilines is 1. The van der Waals surface area contributed by atoms with Gasteiger partial charge in [0, 0.05) is 26.2 Å². The number of nitrogens with two attached hydrogens (primary N) is 1. The molecule has 2 amide bonds. The SMILES string of the molecule is CC(=O)NCCNC(=O)c1cnc(NN)c(Cl)c1. The molecule has 18 heavy (non-hydrogen) atoms. The summed E-state index contributed by atoms with van der Waals surface area (Å²) in [6.45, 7) is 2.10. The van der Waals surface area contributed by atoms with Gasteiger partial charge in [-0.2, -0.15) is 0 Å². The number of hydrazine groups is 1. The summed E-state index contributed by atoms with van der Waals surface area (Å²) in [7, 11) is 0. The van der Waals surface area contributed by atoms with Gasteiger partial charge in [-0.1, -0.05) is 11.6 Å². The number of rotatable bonds is 5. The number of hydrogen-bond donors (Lipinski definition) is 4. The van der Waals surface area contributed by atoms with E-state index in [1.165, 1.54) is 19.2 Å². The summed E-state index contributed by atoms with van der Waals surface area (Å²) >= 11 is 5.83. The molecule has 0 aromatic carbocycles. The first-order valence-electron chi connectivity index (χ1n) is 5.19. The first kappa shape index (κ1) is 14.2. The highest BCUT2D eigenvalue weighted by molar-refractivity contribution is 6.33. The third kappa shape index (κ3) is 4.19. The molecule has 98 valence electrons. The summed E-state index contributed by atoms with van der Waals surface area (Å²) in [4.78, 5) is 26.1. The Hall–Kier alpha value is -1.86. The number of amides is 2. The Morgan fingerprint density at radius 3 is 2.61 bits per heavy atom. The molecule has 0 fully saturated rings. The maximum atomic E-state index is 11.7. The first-order chi connectivity index (χ1) is 8.54. The van der Waals surface area contributed by atoms with E-state index in [1.807, 2.05) is 0 Å². The molecule has 5 N–H and O–H groups in total. The summed E-state index contributed by atoms with van der Waals surface area (Å²) in [6, 6.07) is 1.46. The fourth-order valence-corrected chi connectivity index (χ4v) is 1.41. The second-order valence-corrected chi connectivity index (χ2v) is 3.84. The van der Waals surface area contributed by atoms with Gasteiger partial charge in [0.2, 0.25) is 5.91 Å². The Labute approximate surface area is 109 Å². The number of carbonyl (C=O) groups is 2. The van der Waals surface area contributed by atoms with E-state index in [1.54, 1.807) is 0 Å². The summed E-state index contributed by atoms with van der Waals surface area (Å²) in [5, 5.41) is 5.43. The molecular formula is C10H14ClN5O2. The monoisotopic (exact) mass is 271 g/mol. The second-order valence-electron chi connectivity index (χ2n) is 3.44. The van der Waals surface area contributed by atoms with Crippen molar-refractivity contribution in [3.63, 3.8) is 0 Å². The summed E-state index contributed by atoms with van der Waals surface area (Å²) < 4.78 is 0. The van der Waals surface area contributed by atoms with E-state index in [4.69, 9.17) is 17.4 Å². The summed E-state index contributed by atoms with van der Waals surface area (Å²) in [6.07, 6.45) is 1.36. The Morgan fingerprint density at radius 2 is 2.06 bits per heavy atom. The summed E-state index contributed by atoms with van der Waals surface area (Å²) in [5.41, 5.74) is 2.63. The van der Waals surface area contributed by atoms with Crippen molar-refractivity contribution in [2.24, 2.45) is 5.84 Å². The van der Waals surface area contributed by atoms with E-state index in [-0.39, 0.29) is 16.8 Å². The van der Waals surface area contributed by atoms with Crippen LogP contribution in [0.25, 0.3) is 0 Å². The Kier molecular flexibility index (Phi) is 5.34. The van der Waals surface area contributed by atoms with Gasteiger partial charge < -0.3 is 16.1 Å². The highest BCUT2D eigenvalue weighted by atomic mass is 35.5. The van der Waals surface area contributed by atoms with E-state index in [9.17, 15) is 9.59 Å². The lowest BCUT2D eigenvalue weighted by molar-refractivity contribution is -0.118. The van der Waals surface area contributed by atoms with Crippen LogP contribution in [-0.2, 0) is 4.79 Å². The minimum absolute atomic E-state index is 0.146. The molecule has 8 heteroatoms. The van der Waals surface area contributed by atoms with Gasteiger partial charge in [0.05, 0.1) is 10.6 Å². The molecule has 0 bridgehead atoms. The van der Waals surface area contributed by atoms with Crippen LogP contribution in [0.4, 0.5) is 5.82 Å². The van der Waals surface area contributed by atoms with E-state index in [0.717, 1.165) is 0 Å². The smallest absolute Gasteiger partial charge is 0.252 e. The number of nitrogens with zero attached hydrogens (tertiary/aromatic N) is 1. The fourth-order valence-electron chi connectivity index (χ4n) is 1.18. The standard InChI is InChI=1S/C10H14ClN5O2/c1-6(17)13-2-3-14-10(18)7-4-8(11)9(16-12)15-5-7/h4-5H,2-3,12H2,1H3,(H,13,17)(H,14,18)(H,15,16). The van der Waals surface area contributed by atoms with Crippen molar-refractivity contribution in [3.05, 3.63) is 22.8 Å². The maximum absolute atomic E-state index is 11.7. The predicted octanol–water partition coefficient (Wildman–Crippen LogP) is -0.113. The molecule has 1 aromatic rings. The van der Waals surface area contributed by atoms with Crippen LogP contribution >= 0.6 is 11.6 Å². The Balaban J connectivity index is 2.51. The third-order valence-electron chi connectivity index (χ3n) is 2.02. The molecule has 1 heterocycles. The first-order valence-corrected chi connectivity index (χ1v) is 5.57. The number of halogens is 1. The zero-order chi connectivity index (χ0) is 13.5. The van der Waals surface area contributed by atoms with Gasteiger partial charge in [-0.25, -0.2) is 10.8 Å². The van der Waals surface area contributed by atoms with Gasteiger partial charge in [-0.15, -0.1) is 0 Å². The molecule has 0 spiro atoms. The van der Waals surface area contributed by atoms with Crippen LogP contribution in [0, 0.1) is 0 Å². The van der Waals surface area contributed by atoms with Gasteiger partial charge in [-0.05, 0) is 6.07 Å². The molecule has 0 aliphatic rings. The molecule has 0 aliphatic carbocycles. The molecular weight excluding hydrogens is 258 g/mol. The van der Waals surface area contributed by atoms with Gasteiger partial charge in [0.1, 0.15) is 0 Å². The molecule has 0 atom stereocenters. The molecule has 1 rings (SSSR count). The number of carbonyl (C=O) groups excluding carboxylic acids is 2. The highest BCUT2D eigenvalue weighted by Gasteiger charge is 2.08. The van der Waals surface area contributed by atoms with Crippen LogP contribution < -0.4 is 21.9 Å². The third-order valence-corrected chi connectivity index (χ3v) is 2.31. The van der Waals surface area contributed by atoms with Crippen molar-refractivity contribution in [2.75, 3.05) is 18.5 Å². The average molecular weight is 272 g/mol. The average Bonchev–Trinajstić information content (AvgIpc) is 2.34. The Morgan fingerprint density at radius 1 is 1.39 bits per heavy atom. The van der Waals surface area contributed by atoms with Crippen LogP contribution in [0.3, 0.4) is 0 Å². The van der Waals surface area contributed by atoms with Crippen molar-refractivity contribution in [1.29, 1.82) is 0 Å². The van der Waals surface area contributed by atoms with Gasteiger partial charge in [0.15, 0.2) is 5.82 Å². The zero-order valence-electron chi connectivity index (χ0n) is 9.79. The van der Waals surface area contributed by atoms with E-state index < -0.39 is 0 Å². The van der Waals surface area contributed by atoms with Crippen molar-refractivity contribution in [1.82, 2.24) is 15.6 Å². The maximum Gasteiger partial charge on any atom is 0.252 e. The number of nitrogen functional groups attached to an aromatic ring is 1. The molecule has 0 aliphatic heterocycles. The molecule has 0 saturated carbocycles. The fraction of sp³-hybridized carbons (Fsp3) is 0.300.